The van der Waals surface area contributed by atoms with Crippen LogP contribution in [0.1, 0.15) is 68.5 Å². The number of rotatable bonds is 10. The normalized spacial score (nSPS) is 19.0. The van der Waals surface area contributed by atoms with Gasteiger partial charge in [0.05, 0.1) is 18.3 Å². The molecule has 2 atom stereocenters. The molecule has 244 valence electrons. The molecule has 1 saturated carbocycles. The molecule has 2 aromatic rings. The summed E-state index contributed by atoms with van der Waals surface area (Å²) in [5, 5.41) is 16.8. The van der Waals surface area contributed by atoms with E-state index in [9.17, 15) is 44.7 Å². The van der Waals surface area contributed by atoms with E-state index in [0.29, 0.717) is 9.69 Å². The number of carbonyl (C=O) groups is 2. The van der Waals surface area contributed by atoms with Gasteiger partial charge in [-0.1, -0.05) is 0 Å². The van der Waals surface area contributed by atoms with Crippen LogP contribution in [0.2, 0.25) is 0 Å². The average Bonchev–Trinajstić information content (AvgIpc) is 3.66. The molecular formula is C24H30F8N10O2. The van der Waals surface area contributed by atoms with Crippen molar-refractivity contribution >= 4 is 23.3 Å². The minimum atomic E-state index is -4.85. The van der Waals surface area contributed by atoms with E-state index in [4.69, 9.17) is 0 Å². The Morgan fingerprint density at radius 2 is 1.77 bits per heavy atom. The largest absolute Gasteiger partial charge is 0.407 e. The highest BCUT2D eigenvalue weighted by Crippen LogP contribution is 2.38. The van der Waals surface area contributed by atoms with Crippen LogP contribution in [0, 0.1) is 5.92 Å². The third kappa shape index (κ3) is 8.35. The molecule has 4 rings (SSSR count). The third-order valence-electron chi connectivity index (χ3n) is 7.07. The van der Waals surface area contributed by atoms with Crippen LogP contribution in [0.15, 0.2) is 29.8 Å². The van der Waals surface area contributed by atoms with Gasteiger partial charge < -0.3 is 10.6 Å². The summed E-state index contributed by atoms with van der Waals surface area (Å²) in [7, 11) is 0. The molecule has 4 N–H and O–H groups in total. The maximum Gasteiger partial charge on any atom is 0.407 e. The van der Waals surface area contributed by atoms with Gasteiger partial charge in [0.25, 0.3) is 5.91 Å². The molecule has 0 spiro atoms. The molecule has 20 heteroatoms. The Morgan fingerprint density at radius 3 is 2.39 bits per heavy atom. The molecule has 2 aliphatic rings. The number of hydrogen-bond acceptors (Lipinski definition) is 8. The molecule has 2 aromatic heterocycles. The van der Waals surface area contributed by atoms with E-state index in [0.717, 1.165) is 12.4 Å². The van der Waals surface area contributed by atoms with E-state index in [2.05, 4.69) is 25.9 Å². The molecule has 12 nitrogen and oxygen atoms in total. The monoisotopic (exact) mass is 642 g/mol. The van der Waals surface area contributed by atoms with Crippen molar-refractivity contribution in [3.63, 3.8) is 0 Å². The predicted octanol–water partition coefficient (Wildman–Crippen LogP) is 3.92. The SMILES string of the molecule is CC(C)n1nccc1C(=O)N[C@H](C(=O)Nc1cnn(C(CC(F)(F)F)C2=NNNN2CC(F)(F)F)c1)C1CCC(F)(F)CC1. The number of hydrazine groups is 2. The van der Waals surface area contributed by atoms with Crippen LogP contribution in [0.5, 0.6) is 0 Å². The first-order valence-electron chi connectivity index (χ1n) is 13.5. The molecule has 3 heterocycles. The van der Waals surface area contributed by atoms with E-state index in [1.807, 2.05) is 11.1 Å². The summed E-state index contributed by atoms with van der Waals surface area (Å²) >= 11 is 0. The van der Waals surface area contributed by atoms with E-state index in [-0.39, 0.29) is 30.3 Å². The number of amides is 2. The van der Waals surface area contributed by atoms with Crippen molar-refractivity contribution in [2.75, 3.05) is 11.9 Å². The highest BCUT2D eigenvalue weighted by molar-refractivity contribution is 6.00. The Labute approximate surface area is 245 Å². The molecule has 2 amide bonds. The number of nitrogens with one attached hydrogen (secondary N) is 4. The van der Waals surface area contributed by atoms with Crippen molar-refractivity contribution < 1.29 is 44.7 Å². The van der Waals surface area contributed by atoms with Crippen LogP contribution < -0.4 is 21.7 Å². The zero-order valence-electron chi connectivity index (χ0n) is 23.4. The second-order valence-corrected chi connectivity index (χ2v) is 10.8. The van der Waals surface area contributed by atoms with Gasteiger partial charge in [0, 0.05) is 31.3 Å². The van der Waals surface area contributed by atoms with E-state index >= 15 is 0 Å². The van der Waals surface area contributed by atoms with E-state index < -0.39 is 79.7 Å². The van der Waals surface area contributed by atoms with Crippen molar-refractivity contribution in [1.82, 2.24) is 41.0 Å². The van der Waals surface area contributed by atoms with E-state index in [1.165, 1.54) is 16.9 Å². The number of carbonyl (C=O) groups excluding carboxylic acids is 2. The Morgan fingerprint density at radius 1 is 1.09 bits per heavy atom. The van der Waals surface area contributed by atoms with Crippen molar-refractivity contribution in [1.29, 1.82) is 0 Å². The maximum absolute atomic E-state index is 13.9. The lowest BCUT2D eigenvalue weighted by atomic mass is 9.81. The number of halogens is 8. The van der Waals surface area contributed by atoms with Crippen LogP contribution in [-0.2, 0) is 4.79 Å². The number of anilines is 1. The number of hydrazone groups is 1. The minimum absolute atomic E-state index is 0.101. The first-order chi connectivity index (χ1) is 20.4. The molecular weight excluding hydrogens is 612 g/mol. The van der Waals surface area contributed by atoms with Gasteiger partial charge in [-0.3, -0.25) is 24.0 Å². The van der Waals surface area contributed by atoms with Gasteiger partial charge in [-0.2, -0.15) is 36.5 Å². The van der Waals surface area contributed by atoms with Crippen LogP contribution in [0.25, 0.3) is 0 Å². The average molecular weight is 643 g/mol. The van der Waals surface area contributed by atoms with Crippen molar-refractivity contribution in [3.05, 3.63) is 30.4 Å². The lowest BCUT2D eigenvalue weighted by Gasteiger charge is -2.33. The highest BCUT2D eigenvalue weighted by Gasteiger charge is 2.43. The molecule has 1 unspecified atom stereocenters. The van der Waals surface area contributed by atoms with Crippen LogP contribution in [0.3, 0.4) is 0 Å². The maximum atomic E-state index is 13.9. The molecule has 1 aliphatic carbocycles. The van der Waals surface area contributed by atoms with Gasteiger partial charge in [-0.05, 0) is 38.7 Å². The lowest BCUT2D eigenvalue weighted by molar-refractivity contribution is -0.146. The summed E-state index contributed by atoms with van der Waals surface area (Å²) in [5.74, 6) is -5.85. The second-order valence-electron chi connectivity index (χ2n) is 10.8. The molecule has 1 aliphatic heterocycles. The molecule has 0 radical (unpaired) electrons. The summed E-state index contributed by atoms with van der Waals surface area (Å²) in [6.45, 7) is 1.87. The number of amidine groups is 1. The van der Waals surface area contributed by atoms with Gasteiger partial charge in [0.1, 0.15) is 24.3 Å². The Hall–Kier alpha value is -3.97. The zero-order valence-corrected chi connectivity index (χ0v) is 23.4. The summed E-state index contributed by atoms with van der Waals surface area (Å²) < 4.78 is 109. The quantitative estimate of drug-likeness (QED) is 0.289. The van der Waals surface area contributed by atoms with Gasteiger partial charge in [-0.25, -0.2) is 14.3 Å². The summed E-state index contributed by atoms with van der Waals surface area (Å²) in [6, 6.07) is -2.00. The predicted molar refractivity (Wildman–Crippen MR) is 138 cm³/mol. The Bertz CT molecular complexity index is 1340. The van der Waals surface area contributed by atoms with Gasteiger partial charge in [-0.15, -0.1) is 10.6 Å². The third-order valence-corrected chi connectivity index (χ3v) is 7.07. The summed E-state index contributed by atoms with van der Waals surface area (Å²) in [4.78, 5) is 26.6. The van der Waals surface area contributed by atoms with Gasteiger partial charge in [0.2, 0.25) is 11.8 Å². The number of aromatic nitrogens is 4. The van der Waals surface area contributed by atoms with Crippen molar-refractivity contribution in [2.24, 2.45) is 11.0 Å². The van der Waals surface area contributed by atoms with E-state index in [1.54, 1.807) is 13.8 Å². The fraction of sp³-hybridized carbons (Fsp3) is 0.625. The topological polar surface area (TPSA) is 134 Å². The van der Waals surface area contributed by atoms with Crippen LogP contribution >= 0.6 is 0 Å². The Kier molecular flexibility index (Phi) is 9.40. The standard InChI is InChI=1S/C24H30F8N10O2/c1-13(2)42-16(5-8-33-42)20(43)36-18(14-3-6-22(25,26)7-4-14)21(44)35-15-10-34-40(11-15)17(9-23(27,28)29)19-37-38-39-41(19)12-24(30,31)32/h5,8,10-11,13-14,17-18,38-39H,3-4,6-7,9,12H2,1-2H3,(H,35,44)(H,36,43)/t17?,18-/m0/s1. The van der Waals surface area contributed by atoms with Crippen molar-refractivity contribution in [3.8, 4) is 0 Å². The van der Waals surface area contributed by atoms with Gasteiger partial charge >= 0.3 is 12.4 Å². The van der Waals surface area contributed by atoms with Gasteiger partial charge in [0.15, 0.2) is 5.84 Å². The number of alkyl halides is 8. The summed E-state index contributed by atoms with van der Waals surface area (Å²) in [6.07, 6.45) is -9.22. The van der Waals surface area contributed by atoms with Crippen LogP contribution in [0.4, 0.5) is 40.8 Å². The van der Waals surface area contributed by atoms with Crippen LogP contribution in [-0.4, -0.2) is 73.1 Å². The molecule has 1 fully saturated rings. The first kappa shape index (κ1) is 32.9. The first-order valence-corrected chi connectivity index (χ1v) is 13.5. The molecule has 0 aromatic carbocycles. The fourth-order valence-corrected chi connectivity index (χ4v) is 5.04. The summed E-state index contributed by atoms with van der Waals surface area (Å²) in [5.41, 5.74) is 3.98. The lowest BCUT2D eigenvalue weighted by Crippen LogP contribution is -2.50. The smallest absolute Gasteiger partial charge is 0.339 e. The zero-order chi connectivity index (χ0) is 32.4. The number of hydrogen-bond donors (Lipinski definition) is 4. The minimum Gasteiger partial charge on any atom is -0.339 e. The fourth-order valence-electron chi connectivity index (χ4n) is 5.04. The number of nitrogens with zero attached hydrogens (tertiary/aromatic N) is 6. The van der Waals surface area contributed by atoms with Crippen molar-refractivity contribution in [2.45, 2.75) is 82.4 Å². The molecule has 0 saturated heterocycles. The highest BCUT2D eigenvalue weighted by atomic mass is 19.4. The molecule has 0 bridgehead atoms. The second kappa shape index (κ2) is 12.6. The Balaban J connectivity index is 1.56. The molecule has 44 heavy (non-hydrogen) atoms.